The minimum Gasteiger partial charge on any atom is -0.383 e. The zero-order valence-corrected chi connectivity index (χ0v) is 18.4. The highest BCUT2D eigenvalue weighted by atomic mass is 16.5. The van der Waals surface area contributed by atoms with Gasteiger partial charge < -0.3 is 14.4 Å². The molecule has 0 radical (unpaired) electrons. The lowest BCUT2D eigenvalue weighted by Gasteiger charge is -2.22. The van der Waals surface area contributed by atoms with E-state index in [9.17, 15) is 4.79 Å². The summed E-state index contributed by atoms with van der Waals surface area (Å²) in [7, 11) is 5.06. The number of pyridine rings is 1. The Labute approximate surface area is 186 Å². The van der Waals surface area contributed by atoms with Gasteiger partial charge in [-0.05, 0) is 12.1 Å². The molecule has 0 atom stereocenters. The summed E-state index contributed by atoms with van der Waals surface area (Å²) in [4.78, 5) is 19.7. The van der Waals surface area contributed by atoms with Crippen molar-refractivity contribution in [2.45, 2.75) is 0 Å². The number of carbonyl (C=O) groups is 1. The molecule has 4 aromatic rings. The third-order valence-electron chi connectivity index (χ3n) is 5.23. The number of ether oxygens (including phenoxy) is 2. The predicted octanol–water partition coefficient (Wildman–Crippen LogP) is 2.53. The summed E-state index contributed by atoms with van der Waals surface area (Å²) in [5.74, 6) is 0.530. The molecular weight excluding hydrogens is 408 g/mol. The lowest BCUT2D eigenvalue weighted by molar-refractivity contribution is 0.0628. The van der Waals surface area contributed by atoms with Crippen LogP contribution in [0.25, 0.3) is 28.3 Å². The minimum absolute atomic E-state index is 0.117. The van der Waals surface area contributed by atoms with Crippen molar-refractivity contribution in [2.75, 3.05) is 40.5 Å². The van der Waals surface area contributed by atoms with Crippen molar-refractivity contribution in [3.05, 3.63) is 60.4 Å². The topological polar surface area (TPSA) is 86.8 Å². The summed E-state index contributed by atoms with van der Waals surface area (Å²) in [6.45, 7) is 1.82. The normalized spacial score (nSPS) is 11.2. The van der Waals surface area contributed by atoms with Crippen molar-refractivity contribution in [3.8, 4) is 22.6 Å². The third-order valence-corrected chi connectivity index (χ3v) is 5.23. The van der Waals surface area contributed by atoms with E-state index in [1.54, 1.807) is 34.5 Å². The van der Waals surface area contributed by atoms with E-state index in [1.807, 2.05) is 55.7 Å². The molecule has 0 aliphatic rings. The number of benzene rings is 1. The fourth-order valence-corrected chi connectivity index (χ4v) is 3.56. The van der Waals surface area contributed by atoms with Crippen LogP contribution in [0.1, 0.15) is 10.4 Å². The fourth-order valence-electron chi connectivity index (χ4n) is 3.56. The van der Waals surface area contributed by atoms with Gasteiger partial charge in [-0.15, -0.1) is 5.10 Å². The van der Waals surface area contributed by atoms with Crippen LogP contribution in [-0.2, 0) is 16.5 Å². The Morgan fingerprint density at radius 1 is 1.03 bits per heavy atom. The number of methoxy groups -OCH3 is 2. The van der Waals surface area contributed by atoms with Crippen molar-refractivity contribution in [1.82, 2.24) is 29.3 Å². The molecule has 1 aromatic carbocycles. The first-order valence-electron chi connectivity index (χ1n) is 10.3. The maximum atomic E-state index is 13.3. The Morgan fingerprint density at radius 2 is 1.75 bits per heavy atom. The molecular formula is C23H26N6O3. The SMILES string of the molecule is COCCN(CCOC)C(=O)c1cnn(C)c1-c1ccn2nc(-c3ccccc3)nc2c1. The summed E-state index contributed by atoms with van der Waals surface area (Å²) in [6.07, 6.45) is 3.45. The van der Waals surface area contributed by atoms with Crippen LogP contribution in [0.4, 0.5) is 0 Å². The van der Waals surface area contributed by atoms with Crippen molar-refractivity contribution >= 4 is 11.6 Å². The van der Waals surface area contributed by atoms with Gasteiger partial charge in [0.05, 0.1) is 30.7 Å². The van der Waals surface area contributed by atoms with Crippen molar-refractivity contribution in [1.29, 1.82) is 0 Å². The average molecular weight is 435 g/mol. The molecule has 0 saturated heterocycles. The minimum atomic E-state index is -0.117. The second-order valence-corrected chi connectivity index (χ2v) is 7.33. The fraction of sp³-hybridized carbons (Fsp3) is 0.304. The Bertz CT molecular complexity index is 1190. The lowest BCUT2D eigenvalue weighted by atomic mass is 10.1. The molecule has 0 aliphatic carbocycles. The maximum Gasteiger partial charge on any atom is 0.257 e. The van der Waals surface area contributed by atoms with E-state index in [0.29, 0.717) is 43.3 Å². The quantitative estimate of drug-likeness (QED) is 0.402. The summed E-state index contributed by atoms with van der Waals surface area (Å²) in [5.41, 5.74) is 3.72. The number of fused-ring (bicyclic) bond motifs is 1. The van der Waals surface area contributed by atoms with Crippen LogP contribution in [0.5, 0.6) is 0 Å². The molecule has 0 spiro atoms. The van der Waals surface area contributed by atoms with Crippen LogP contribution < -0.4 is 0 Å². The largest absolute Gasteiger partial charge is 0.383 e. The van der Waals surface area contributed by atoms with Gasteiger partial charge in [0.2, 0.25) is 0 Å². The number of amides is 1. The first-order valence-corrected chi connectivity index (χ1v) is 10.3. The van der Waals surface area contributed by atoms with Crippen LogP contribution in [0.2, 0.25) is 0 Å². The van der Waals surface area contributed by atoms with Crippen molar-refractivity contribution in [3.63, 3.8) is 0 Å². The number of aryl methyl sites for hydroxylation is 1. The Hall–Kier alpha value is -3.56. The van der Waals surface area contributed by atoms with Gasteiger partial charge in [-0.3, -0.25) is 9.48 Å². The summed E-state index contributed by atoms with van der Waals surface area (Å²) < 4.78 is 13.8. The number of hydrogen-bond donors (Lipinski definition) is 0. The second-order valence-electron chi connectivity index (χ2n) is 7.33. The van der Waals surface area contributed by atoms with E-state index in [1.165, 1.54) is 0 Å². The van der Waals surface area contributed by atoms with Gasteiger partial charge in [-0.1, -0.05) is 30.3 Å². The van der Waals surface area contributed by atoms with Gasteiger partial charge in [0.1, 0.15) is 0 Å². The third kappa shape index (κ3) is 4.39. The molecule has 1 amide bonds. The molecule has 0 unspecified atom stereocenters. The number of aromatic nitrogens is 5. The smallest absolute Gasteiger partial charge is 0.257 e. The van der Waals surface area contributed by atoms with E-state index in [0.717, 1.165) is 16.8 Å². The predicted molar refractivity (Wildman–Crippen MR) is 120 cm³/mol. The van der Waals surface area contributed by atoms with Gasteiger partial charge in [0.15, 0.2) is 11.5 Å². The highest BCUT2D eigenvalue weighted by Crippen LogP contribution is 2.26. The van der Waals surface area contributed by atoms with Crippen LogP contribution in [0.15, 0.2) is 54.9 Å². The molecule has 0 bridgehead atoms. The van der Waals surface area contributed by atoms with E-state index in [-0.39, 0.29) is 5.91 Å². The molecule has 9 heteroatoms. The summed E-state index contributed by atoms with van der Waals surface area (Å²) in [6, 6.07) is 13.7. The van der Waals surface area contributed by atoms with Crippen molar-refractivity contribution < 1.29 is 14.3 Å². The molecule has 3 heterocycles. The van der Waals surface area contributed by atoms with Crippen LogP contribution in [-0.4, -0.2) is 75.7 Å². The van der Waals surface area contributed by atoms with Gasteiger partial charge in [0.25, 0.3) is 5.91 Å². The number of rotatable bonds is 9. The standard InChI is InChI=1S/C23H26N6O3/c1-27-21(19(16-24-27)23(30)28(11-13-31-2)12-14-32-3)18-9-10-29-20(15-18)25-22(26-29)17-7-5-4-6-8-17/h4-10,15-16H,11-14H2,1-3H3. The van der Waals surface area contributed by atoms with Crippen molar-refractivity contribution in [2.24, 2.45) is 7.05 Å². The Kier molecular flexibility index (Phi) is 6.58. The summed E-state index contributed by atoms with van der Waals surface area (Å²) in [5, 5.41) is 8.91. The summed E-state index contributed by atoms with van der Waals surface area (Å²) >= 11 is 0. The molecule has 3 aromatic heterocycles. The first-order chi connectivity index (χ1) is 15.6. The maximum absolute atomic E-state index is 13.3. The first kappa shape index (κ1) is 21.7. The molecule has 9 nitrogen and oxygen atoms in total. The molecule has 0 aliphatic heterocycles. The van der Waals surface area contributed by atoms with Gasteiger partial charge in [-0.25, -0.2) is 9.50 Å². The van der Waals surface area contributed by atoms with Gasteiger partial charge in [0, 0.05) is 51.7 Å². The molecule has 32 heavy (non-hydrogen) atoms. The van der Waals surface area contributed by atoms with Gasteiger partial charge in [-0.2, -0.15) is 5.10 Å². The molecule has 0 N–H and O–H groups in total. The van der Waals surface area contributed by atoms with E-state index < -0.39 is 0 Å². The number of carbonyl (C=O) groups excluding carboxylic acids is 1. The van der Waals surface area contributed by atoms with Gasteiger partial charge >= 0.3 is 0 Å². The lowest BCUT2D eigenvalue weighted by Crippen LogP contribution is -2.36. The molecule has 0 fully saturated rings. The zero-order valence-electron chi connectivity index (χ0n) is 18.4. The number of nitrogens with zero attached hydrogens (tertiary/aromatic N) is 6. The Morgan fingerprint density at radius 3 is 2.44 bits per heavy atom. The second kappa shape index (κ2) is 9.71. The highest BCUT2D eigenvalue weighted by molar-refractivity contribution is 6.00. The zero-order chi connectivity index (χ0) is 22.5. The van der Waals surface area contributed by atoms with E-state index in [4.69, 9.17) is 9.47 Å². The number of hydrogen-bond acceptors (Lipinski definition) is 6. The van der Waals surface area contributed by atoms with Crippen LogP contribution in [0, 0.1) is 0 Å². The highest BCUT2D eigenvalue weighted by Gasteiger charge is 2.23. The molecule has 4 rings (SSSR count). The monoisotopic (exact) mass is 434 g/mol. The Balaban J connectivity index is 1.69. The van der Waals surface area contributed by atoms with E-state index in [2.05, 4.69) is 15.2 Å². The van der Waals surface area contributed by atoms with E-state index >= 15 is 0 Å². The van der Waals surface area contributed by atoms with Crippen LogP contribution >= 0.6 is 0 Å². The molecule has 0 saturated carbocycles. The average Bonchev–Trinajstić information content (AvgIpc) is 3.42. The molecule has 166 valence electrons. The van der Waals surface area contributed by atoms with Crippen LogP contribution in [0.3, 0.4) is 0 Å².